The van der Waals surface area contributed by atoms with E-state index < -0.39 is 5.97 Å². The maximum Gasteiger partial charge on any atom is 0.343 e. The highest BCUT2D eigenvalue weighted by atomic mass is 32.1. The van der Waals surface area contributed by atoms with Crippen LogP contribution in [0.1, 0.15) is 68.3 Å². The van der Waals surface area contributed by atoms with Crippen molar-refractivity contribution in [1.82, 2.24) is 10.7 Å². The Morgan fingerprint density at radius 1 is 1.06 bits per heavy atom. The number of carbonyl (C=O) groups is 1. The Balaban J connectivity index is 1.59. The normalized spacial score (nSPS) is 13.9. The number of thiocarbonyl (C=S) groups is 1. The number of esters is 1. The first kappa shape index (κ1) is 25.5. The van der Waals surface area contributed by atoms with Crippen LogP contribution in [0.4, 0.5) is 0 Å². The third-order valence-electron chi connectivity index (χ3n) is 5.35. The molecule has 8 heteroatoms. The number of hydrogen-bond donors (Lipinski definition) is 2. The second kappa shape index (κ2) is 13.5. The molecule has 2 aromatic carbocycles. The van der Waals surface area contributed by atoms with E-state index >= 15 is 0 Å². The van der Waals surface area contributed by atoms with Gasteiger partial charge in [0.25, 0.3) is 0 Å². The zero-order valence-electron chi connectivity index (χ0n) is 19.8. The lowest BCUT2D eigenvalue weighted by atomic mass is 9.96. The molecule has 0 bridgehead atoms. The summed E-state index contributed by atoms with van der Waals surface area (Å²) < 4.78 is 16.8. The number of hydrogen-bond acceptors (Lipinski definition) is 6. The van der Waals surface area contributed by atoms with Gasteiger partial charge in [-0.25, -0.2) is 4.79 Å². The van der Waals surface area contributed by atoms with Gasteiger partial charge in [0.15, 0.2) is 16.6 Å². The first-order chi connectivity index (χ1) is 16.6. The van der Waals surface area contributed by atoms with E-state index in [1.165, 1.54) is 19.3 Å². The second-order valence-corrected chi connectivity index (χ2v) is 8.49. The van der Waals surface area contributed by atoms with Gasteiger partial charge in [0.2, 0.25) is 0 Å². The molecule has 0 unspecified atom stereocenters. The summed E-state index contributed by atoms with van der Waals surface area (Å²) in [5.74, 6) is 1.06. The highest BCUT2D eigenvalue weighted by molar-refractivity contribution is 7.80. The van der Waals surface area contributed by atoms with E-state index in [0.29, 0.717) is 41.4 Å². The van der Waals surface area contributed by atoms with Crippen molar-refractivity contribution in [3.05, 3.63) is 53.6 Å². The second-order valence-electron chi connectivity index (χ2n) is 8.08. The number of benzene rings is 2. The Kier molecular flexibility index (Phi) is 10.2. The van der Waals surface area contributed by atoms with Crippen molar-refractivity contribution in [1.29, 1.82) is 0 Å². The van der Waals surface area contributed by atoms with Crippen LogP contribution >= 0.6 is 12.2 Å². The van der Waals surface area contributed by atoms with Gasteiger partial charge in [-0.1, -0.05) is 26.2 Å². The summed E-state index contributed by atoms with van der Waals surface area (Å²) in [5.41, 5.74) is 4.09. The Morgan fingerprint density at radius 2 is 1.82 bits per heavy atom. The lowest BCUT2D eigenvalue weighted by molar-refractivity contribution is 0.0728. The van der Waals surface area contributed by atoms with Crippen molar-refractivity contribution in [2.75, 3.05) is 13.2 Å². The number of carbonyl (C=O) groups excluding carboxylic acids is 1. The Hall–Kier alpha value is -3.13. The summed E-state index contributed by atoms with van der Waals surface area (Å²) in [5, 5.41) is 8.05. The van der Waals surface area contributed by atoms with Crippen LogP contribution in [0.15, 0.2) is 47.6 Å². The molecular formula is C26H33N3O4S. The van der Waals surface area contributed by atoms with Crippen LogP contribution in [0, 0.1) is 0 Å². The van der Waals surface area contributed by atoms with E-state index in [4.69, 9.17) is 26.4 Å². The number of ether oxygens (including phenoxy) is 3. The maximum absolute atomic E-state index is 12.6. The molecule has 1 fully saturated rings. The van der Waals surface area contributed by atoms with Crippen LogP contribution in [0.3, 0.4) is 0 Å². The first-order valence-electron chi connectivity index (χ1n) is 11.9. The standard InChI is InChI=1S/C26H33N3O4S/c1-3-16-32-22-13-11-20(12-14-22)25(30)33-23-15-10-19(17-24(23)31-4-2)18-27-29-26(34)28-21-8-6-5-7-9-21/h10-15,17-18,21H,3-9,16H2,1-2H3,(H2,28,29,34)/b27-18+. The van der Waals surface area contributed by atoms with Crippen molar-refractivity contribution < 1.29 is 19.0 Å². The first-order valence-corrected chi connectivity index (χ1v) is 12.3. The quantitative estimate of drug-likeness (QED) is 0.158. The van der Waals surface area contributed by atoms with Crippen LogP contribution in [0.2, 0.25) is 0 Å². The number of nitrogens with zero attached hydrogens (tertiary/aromatic N) is 1. The molecule has 0 spiro atoms. The van der Waals surface area contributed by atoms with Gasteiger partial charge < -0.3 is 19.5 Å². The fraction of sp³-hybridized carbons (Fsp3) is 0.423. The molecule has 0 radical (unpaired) electrons. The van der Waals surface area contributed by atoms with Crippen molar-refractivity contribution >= 4 is 29.5 Å². The molecule has 1 aliphatic carbocycles. The molecule has 2 aromatic rings. The monoisotopic (exact) mass is 483 g/mol. The van der Waals surface area contributed by atoms with E-state index in [1.807, 2.05) is 13.8 Å². The lowest BCUT2D eigenvalue weighted by Crippen LogP contribution is -2.40. The van der Waals surface area contributed by atoms with Gasteiger partial charge in [-0.3, -0.25) is 5.43 Å². The maximum atomic E-state index is 12.6. The van der Waals surface area contributed by atoms with E-state index in [9.17, 15) is 4.79 Å². The average Bonchev–Trinajstić information content (AvgIpc) is 2.85. The number of hydrazone groups is 1. The smallest absolute Gasteiger partial charge is 0.343 e. The fourth-order valence-corrected chi connectivity index (χ4v) is 3.87. The summed E-state index contributed by atoms with van der Waals surface area (Å²) in [7, 11) is 0. The molecule has 2 N–H and O–H groups in total. The van der Waals surface area contributed by atoms with Gasteiger partial charge in [-0.15, -0.1) is 0 Å². The topological polar surface area (TPSA) is 81.2 Å². The summed E-state index contributed by atoms with van der Waals surface area (Å²) >= 11 is 5.34. The highest BCUT2D eigenvalue weighted by Gasteiger charge is 2.15. The molecule has 0 saturated heterocycles. The van der Waals surface area contributed by atoms with Gasteiger partial charge in [-0.2, -0.15) is 5.10 Å². The van der Waals surface area contributed by atoms with Gasteiger partial charge >= 0.3 is 5.97 Å². The Bertz CT molecular complexity index is 973. The summed E-state index contributed by atoms with van der Waals surface area (Å²) in [6.45, 7) is 4.98. The van der Waals surface area contributed by atoms with E-state index in [2.05, 4.69) is 15.8 Å². The van der Waals surface area contributed by atoms with Crippen LogP contribution < -0.4 is 25.0 Å². The summed E-state index contributed by atoms with van der Waals surface area (Å²) in [6, 6.07) is 12.6. The van der Waals surface area contributed by atoms with E-state index in [1.54, 1.807) is 48.7 Å². The highest BCUT2D eigenvalue weighted by Crippen LogP contribution is 2.29. The third kappa shape index (κ3) is 8.02. The minimum atomic E-state index is -0.467. The molecule has 7 nitrogen and oxygen atoms in total. The molecule has 0 aliphatic heterocycles. The van der Waals surface area contributed by atoms with Gasteiger partial charge in [0, 0.05) is 6.04 Å². The lowest BCUT2D eigenvalue weighted by Gasteiger charge is -2.23. The Labute approximate surface area is 206 Å². The third-order valence-corrected chi connectivity index (χ3v) is 5.56. The predicted molar refractivity (Wildman–Crippen MR) is 138 cm³/mol. The minimum Gasteiger partial charge on any atom is -0.494 e. The molecule has 1 aliphatic rings. The zero-order chi connectivity index (χ0) is 24.2. The van der Waals surface area contributed by atoms with Crippen molar-refractivity contribution in [2.45, 2.75) is 58.4 Å². The molecule has 0 aromatic heterocycles. The van der Waals surface area contributed by atoms with Crippen LogP contribution in [-0.4, -0.2) is 36.6 Å². The van der Waals surface area contributed by atoms with Crippen LogP contribution in [0.5, 0.6) is 17.2 Å². The van der Waals surface area contributed by atoms with E-state index in [0.717, 1.165) is 30.6 Å². The average molecular weight is 484 g/mol. The largest absolute Gasteiger partial charge is 0.494 e. The SMILES string of the molecule is CCCOc1ccc(C(=O)Oc2ccc(/C=N/NC(=S)NC3CCCCC3)cc2OCC)cc1. The fourth-order valence-electron chi connectivity index (χ4n) is 3.65. The zero-order valence-corrected chi connectivity index (χ0v) is 20.7. The van der Waals surface area contributed by atoms with E-state index in [-0.39, 0.29) is 0 Å². The summed E-state index contributed by atoms with van der Waals surface area (Å²) in [4.78, 5) is 12.6. The van der Waals surface area contributed by atoms with Crippen LogP contribution in [0.25, 0.3) is 0 Å². The predicted octanol–water partition coefficient (Wildman–Crippen LogP) is 5.22. The minimum absolute atomic E-state index is 0.345. The number of rotatable bonds is 10. The van der Waals surface area contributed by atoms with Gasteiger partial charge in [0.1, 0.15) is 5.75 Å². The van der Waals surface area contributed by atoms with Gasteiger partial charge in [-0.05, 0) is 86.4 Å². The van der Waals surface area contributed by atoms with Crippen molar-refractivity contribution in [2.24, 2.45) is 5.10 Å². The van der Waals surface area contributed by atoms with Crippen molar-refractivity contribution in [3.8, 4) is 17.2 Å². The van der Waals surface area contributed by atoms with Crippen molar-refractivity contribution in [3.63, 3.8) is 0 Å². The molecular weight excluding hydrogens is 450 g/mol. The molecule has 0 amide bonds. The van der Waals surface area contributed by atoms with Crippen LogP contribution in [-0.2, 0) is 0 Å². The molecule has 0 atom stereocenters. The molecule has 34 heavy (non-hydrogen) atoms. The molecule has 1 saturated carbocycles. The molecule has 182 valence electrons. The summed E-state index contributed by atoms with van der Waals surface area (Å²) in [6.07, 6.45) is 8.62. The molecule has 3 rings (SSSR count). The number of nitrogens with one attached hydrogen (secondary N) is 2. The van der Waals surface area contributed by atoms with Gasteiger partial charge in [0.05, 0.1) is 25.0 Å². The Morgan fingerprint density at radius 3 is 2.53 bits per heavy atom. The molecule has 0 heterocycles.